The first-order valence-corrected chi connectivity index (χ1v) is 12.5. The normalized spacial score (nSPS) is 20.9. The van der Waals surface area contributed by atoms with E-state index >= 15 is 0 Å². The Balaban J connectivity index is 1.11. The number of pyridine rings is 1. The highest BCUT2D eigenvalue weighted by molar-refractivity contribution is 5.45. The van der Waals surface area contributed by atoms with E-state index in [1.165, 1.54) is 6.07 Å². The molecule has 2 saturated heterocycles. The zero-order chi connectivity index (χ0) is 25.2. The highest BCUT2D eigenvalue weighted by Crippen LogP contribution is 2.32. The molecule has 36 heavy (non-hydrogen) atoms. The summed E-state index contributed by atoms with van der Waals surface area (Å²) in [5, 5.41) is 4.05. The van der Waals surface area contributed by atoms with E-state index in [0.29, 0.717) is 42.9 Å². The molecule has 0 saturated carbocycles. The summed E-state index contributed by atoms with van der Waals surface area (Å²) in [6, 6.07) is 7.58. The molecule has 2 aliphatic rings. The summed E-state index contributed by atoms with van der Waals surface area (Å²) in [6.45, 7) is 7.41. The van der Waals surface area contributed by atoms with Gasteiger partial charge in [-0.3, -0.25) is 0 Å². The van der Waals surface area contributed by atoms with Crippen molar-refractivity contribution >= 4 is 11.8 Å². The lowest BCUT2D eigenvalue weighted by molar-refractivity contribution is 0.219. The van der Waals surface area contributed by atoms with Gasteiger partial charge in [-0.1, -0.05) is 19.0 Å². The lowest BCUT2D eigenvalue weighted by atomic mass is 9.94. The molecule has 2 aliphatic heterocycles. The molecular weight excluding hydrogens is 466 g/mol. The molecule has 0 spiro atoms. The van der Waals surface area contributed by atoms with Crippen LogP contribution in [0.25, 0.3) is 0 Å². The molecule has 5 rings (SSSR count). The number of anilines is 2. The van der Waals surface area contributed by atoms with Crippen molar-refractivity contribution in [3.05, 3.63) is 59.6 Å². The highest BCUT2D eigenvalue weighted by atomic mass is 19.1. The first-order valence-electron chi connectivity index (χ1n) is 12.5. The number of ether oxygens (including phenoxy) is 1. The van der Waals surface area contributed by atoms with E-state index < -0.39 is 11.6 Å². The van der Waals surface area contributed by atoms with Crippen molar-refractivity contribution in [2.45, 2.75) is 44.6 Å². The van der Waals surface area contributed by atoms with Crippen LogP contribution in [-0.4, -0.2) is 54.0 Å². The largest absolute Gasteiger partial charge is 0.492 e. The Morgan fingerprint density at radius 1 is 1.11 bits per heavy atom. The zero-order valence-corrected chi connectivity index (χ0v) is 20.6. The van der Waals surface area contributed by atoms with Gasteiger partial charge < -0.3 is 24.8 Å². The van der Waals surface area contributed by atoms with Crippen molar-refractivity contribution in [1.82, 2.24) is 15.1 Å². The Morgan fingerprint density at radius 2 is 1.92 bits per heavy atom. The second-order valence-corrected chi connectivity index (χ2v) is 10.0. The first-order chi connectivity index (χ1) is 17.4. The fourth-order valence-corrected chi connectivity index (χ4v) is 4.88. The Bertz CT molecular complexity index is 1160. The van der Waals surface area contributed by atoms with Crippen LogP contribution in [0.3, 0.4) is 0 Å². The van der Waals surface area contributed by atoms with Gasteiger partial charge >= 0.3 is 6.01 Å². The Labute approximate surface area is 209 Å². The summed E-state index contributed by atoms with van der Waals surface area (Å²) in [5.41, 5.74) is 6.59. The Morgan fingerprint density at radius 3 is 2.61 bits per heavy atom. The van der Waals surface area contributed by atoms with Crippen LogP contribution < -0.4 is 20.3 Å². The lowest BCUT2D eigenvalue weighted by Crippen LogP contribution is -2.35. The highest BCUT2D eigenvalue weighted by Gasteiger charge is 2.34. The predicted octanol–water partition coefficient (Wildman–Crippen LogP) is 4.09. The van der Waals surface area contributed by atoms with Crippen molar-refractivity contribution in [1.29, 1.82) is 0 Å². The van der Waals surface area contributed by atoms with Crippen LogP contribution >= 0.6 is 0 Å². The van der Waals surface area contributed by atoms with Crippen molar-refractivity contribution in [3.8, 4) is 5.75 Å². The summed E-state index contributed by atoms with van der Waals surface area (Å²) in [4.78, 5) is 13.2. The van der Waals surface area contributed by atoms with Crippen LogP contribution in [-0.2, 0) is 0 Å². The number of hydrogen-bond donors (Lipinski definition) is 1. The molecular formula is C26H32F2N6O2. The fourth-order valence-electron chi connectivity index (χ4n) is 4.88. The van der Waals surface area contributed by atoms with E-state index in [0.717, 1.165) is 49.7 Å². The van der Waals surface area contributed by atoms with E-state index in [4.69, 9.17) is 15.0 Å². The minimum absolute atomic E-state index is 0.244. The third kappa shape index (κ3) is 5.28. The number of benzene rings is 1. The number of aromatic nitrogens is 3. The van der Waals surface area contributed by atoms with Crippen molar-refractivity contribution in [2.24, 2.45) is 11.7 Å². The third-order valence-corrected chi connectivity index (χ3v) is 7.09. The second kappa shape index (κ2) is 10.4. The Kier molecular flexibility index (Phi) is 7.04. The molecule has 10 heteroatoms. The molecule has 0 aliphatic carbocycles. The SMILES string of the molecule is CC(C)c1noc(N2CCC(COc3ccc(N4CC(N)C(c5cc(F)ccc5F)C4)nc3)CC2)n1. The van der Waals surface area contributed by atoms with Crippen LogP contribution in [0, 0.1) is 17.6 Å². The van der Waals surface area contributed by atoms with Crippen LogP contribution in [0.5, 0.6) is 5.75 Å². The maximum atomic E-state index is 14.3. The summed E-state index contributed by atoms with van der Waals surface area (Å²) >= 11 is 0. The predicted molar refractivity (Wildman–Crippen MR) is 132 cm³/mol. The standard InChI is InChI=1S/C26H32F2N6O2/c1-16(2)25-31-26(36-32-25)33-9-7-17(8-10-33)15-35-19-4-6-24(30-12-19)34-13-21(23(29)14-34)20-11-18(27)3-5-22(20)28/h3-6,11-12,16-17,21,23H,7-10,13-15,29H2,1-2H3. The summed E-state index contributed by atoms with van der Waals surface area (Å²) in [7, 11) is 0. The van der Waals surface area contributed by atoms with Gasteiger partial charge in [0.15, 0.2) is 5.82 Å². The molecule has 2 unspecified atom stereocenters. The molecule has 0 radical (unpaired) electrons. The van der Waals surface area contributed by atoms with E-state index in [1.807, 2.05) is 30.9 Å². The molecule has 2 N–H and O–H groups in total. The molecule has 1 aromatic carbocycles. The third-order valence-electron chi connectivity index (χ3n) is 7.09. The quantitative estimate of drug-likeness (QED) is 0.521. The van der Waals surface area contributed by atoms with Gasteiger partial charge in [-0.25, -0.2) is 13.8 Å². The number of piperidine rings is 1. The molecule has 2 fully saturated rings. The fraction of sp³-hybridized carbons (Fsp3) is 0.500. The van der Waals surface area contributed by atoms with Crippen LogP contribution in [0.15, 0.2) is 41.1 Å². The molecule has 2 atom stereocenters. The molecule has 192 valence electrons. The average Bonchev–Trinajstić information content (AvgIpc) is 3.52. The maximum Gasteiger partial charge on any atom is 0.324 e. The van der Waals surface area contributed by atoms with Gasteiger partial charge in [-0.2, -0.15) is 4.98 Å². The second-order valence-electron chi connectivity index (χ2n) is 10.0. The molecule has 3 aromatic rings. The minimum atomic E-state index is -0.461. The van der Waals surface area contributed by atoms with Gasteiger partial charge in [-0.05, 0) is 54.7 Å². The van der Waals surface area contributed by atoms with Crippen molar-refractivity contribution in [2.75, 3.05) is 42.6 Å². The van der Waals surface area contributed by atoms with Gasteiger partial charge in [-0.15, -0.1) is 0 Å². The summed E-state index contributed by atoms with van der Waals surface area (Å²) < 4.78 is 39.4. The lowest BCUT2D eigenvalue weighted by Gasteiger charge is -2.30. The molecule has 4 heterocycles. The van der Waals surface area contributed by atoms with Gasteiger partial charge in [0.25, 0.3) is 0 Å². The Hall–Kier alpha value is -3.27. The molecule has 8 nitrogen and oxygen atoms in total. The average molecular weight is 499 g/mol. The van der Waals surface area contributed by atoms with Crippen LogP contribution in [0.1, 0.15) is 49.9 Å². The molecule has 0 bridgehead atoms. The maximum absolute atomic E-state index is 14.3. The number of halogens is 2. The summed E-state index contributed by atoms with van der Waals surface area (Å²) in [5.74, 6) is 1.67. The topological polar surface area (TPSA) is 93.5 Å². The number of rotatable bonds is 7. The van der Waals surface area contributed by atoms with E-state index in [-0.39, 0.29) is 17.9 Å². The monoisotopic (exact) mass is 498 g/mol. The smallest absolute Gasteiger partial charge is 0.324 e. The number of nitrogens with two attached hydrogens (primary N) is 1. The van der Waals surface area contributed by atoms with Gasteiger partial charge in [0.2, 0.25) is 0 Å². The van der Waals surface area contributed by atoms with Crippen molar-refractivity contribution < 1.29 is 18.0 Å². The van der Waals surface area contributed by atoms with E-state index in [9.17, 15) is 8.78 Å². The molecule has 0 amide bonds. The van der Waals surface area contributed by atoms with Crippen molar-refractivity contribution in [3.63, 3.8) is 0 Å². The zero-order valence-electron chi connectivity index (χ0n) is 20.6. The van der Waals surface area contributed by atoms with Gasteiger partial charge in [0.05, 0.1) is 12.8 Å². The first kappa shape index (κ1) is 24.4. The van der Waals surface area contributed by atoms with Crippen LogP contribution in [0.4, 0.5) is 20.6 Å². The van der Waals surface area contributed by atoms with Gasteiger partial charge in [0, 0.05) is 44.1 Å². The minimum Gasteiger partial charge on any atom is -0.492 e. The van der Waals surface area contributed by atoms with E-state index in [2.05, 4.69) is 20.0 Å². The summed E-state index contributed by atoms with van der Waals surface area (Å²) in [6.07, 6.45) is 3.67. The van der Waals surface area contributed by atoms with Gasteiger partial charge in [0.1, 0.15) is 23.2 Å². The number of nitrogens with zero attached hydrogens (tertiary/aromatic N) is 5. The van der Waals surface area contributed by atoms with E-state index in [1.54, 1.807) is 6.20 Å². The number of hydrogen-bond acceptors (Lipinski definition) is 8. The molecule has 2 aromatic heterocycles. The van der Waals surface area contributed by atoms with Crippen LogP contribution in [0.2, 0.25) is 0 Å².